The molecule has 0 fully saturated rings. The maximum absolute atomic E-state index is 4.14. The van der Waals surface area contributed by atoms with E-state index in [1.54, 1.807) is 0 Å². The maximum Gasteiger partial charge on any atom is 0.0557 e. The summed E-state index contributed by atoms with van der Waals surface area (Å²) in [5, 5.41) is 5.08. The van der Waals surface area contributed by atoms with Crippen LogP contribution in [0.2, 0.25) is 0 Å². The molecule has 1 nitrogen and oxygen atoms in total. The van der Waals surface area contributed by atoms with Crippen molar-refractivity contribution in [1.82, 2.24) is 4.98 Å². The molecule has 0 saturated heterocycles. The lowest BCUT2D eigenvalue weighted by molar-refractivity contribution is 1.45. The molecular weight excluding hydrogens is 314 g/mol. The van der Waals surface area contributed by atoms with E-state index in [1.165, 1.54) is 54.8 Å². The molecule has 0 spiro atoms. The molecule has 0 unspecified atom stereocenters. The first-order valence-electron chi connectivity index (χ1n) is 8.93. The average molecular weight is 333 g/mol. The minimum Gasteiger partial charge on any atom is -0.354 e. The zero-order valence-corrected chi connectivity index (χ0v) is 14.7. The normalized spacial score (nSPS) is 11.4. The summed E-state index contributed by atoms with van der Waals surface area (Å²) >= 11 is 0. The minimum absolute atomic E-state index is 1.17. The third kappa shape index (κ3) is 1.98. The lowest BCUT2D eigenvalue weighted by Crippen LogP contribution is -1.91. The predicted molar refractivity (Wildman–Crippen MR) is 114 cm³/mol. The lowest BCUT2D eigenvalue weighted by atomic mass is 9.89. The van der Waals surface area contributed by atoms with Crippen molar-refractivity contribution in [2.24, 2.45) is 0 Å². The largest absolute Gasteiger partial charge is 0.354 e. The highest BCUT2D eigenvalue weighted by Crippen LogP contribution is 2.43. The van der Waals surface area contributed by atoms with E-state index in [1.807, 2.05) is 6.08 Å². The Morgan fingerprint density at radius 2 is 1.42 bits per heavy atom. The third-order valence-corrected chi connectivity index (χ3v) is 5.33. The first-order valence-corrected chi connectivity index (χ1v) is 8.93. The van der Waals surface area contributed by atoms with Crippen molar-refractivity contribution < 1.29 is 0 Å². The van der Waals surface area contributed by atoms with Gasteiger partial charge in [-0.2, -0.15) is 0 Å². The Labute approximate surface area is 152 Å². The number of H-pyrrole nitrogens is 1. The molecule has 0 aliphatic rings. The predicted octanol–water partition coefficient (Wildman–Crippen LogP) is 7.09. The van der Waals surface area contributed by atoms with Gasteiger partial charge in [-0.15, -0.1) is 0 Å². The van der Waals surface area contributed by atoms with E-state index in [4.69, 9.17) is 0 Å². The third-order valence-electron chi connectivity index (χ3n) is 5.33. The molecule has 5 rings (SSSR count). The first-order chi connectivity index (χ1) is 12.8. The lowest BCUT2D eigenvalue weighted by Gasteiger charge is -2.15. The summed E-state index contributed by atoms with van der Waals surface area (Å²) in [6.07, 6.45) is 2.00. The molecule has 1 heteroatoms. The van der Waals surface area contributed by atoms with Crippen LogP contribution in [0.1, 0.15) is 11.1 Å². The second kappa shape index (κ2) is 5.60. The highest BCUT2D eigenvalue weighted by Gasteiger charge is 2.18. The standard InChI is InChI=1S/C25H19N/c1-3-17-19-12-6-7-13-20(19)24-21-14-8-9-15-22(21)26-25(24)23(17)18-11-5-4-10-16(18)2/h3-15,26H,1H2,2H3. The highest BCUT2D eigenvalue weighted by atomic mass is 14.7. The van der Waals surface area contributed by atoms with Crippen molar-refractivity contribution in [1.29, 1.82) is 0 Å². The number of aryl methyl sites for hydroxylation is 1. The van der Waals surface area contributed by atoms with Gasteiger partial charge in [0.2, 0.25) is 0 Å². The molecule has 0 atom stereocenters. The van der Waals surface area contributed by atoms with E-state index in [9.17, 15) is 0 Å². The number of rotatable bonds is 2. The van der Waals surface area contributed by atoms with Gasteiger partial charge >= 0.3 is 0 Å². The molecule has 0 aliphatic carbocycles. The van der Waals surface area contributed by atoms with Crippen molar-refractivity contribution in [2.45, 2.75) is 6.92 Å². The van der Waals surface area contributed by atoms with Crippen molar-refractivity contribution >= 4 is 38.7 Å². The summed E-state index contributed by atoms with van der Waals surface area (Å²) in [5.41, 5.74) is 7.31. The van der Waals surface area contributed by atoms with Crippen molar-refractivity contribution in [2.75, 3.05) is 0 Å². The molecule has 0 bridgehead atoms. The molecule has 0 radical (unpaired) electrons. The zero-order chi connectivity index (χ0) is 17.7. The Hall–Kier alpha value is -3.32. The van der Waals surface area contributed by atoms with Gasteiger partial charge in [0, 0.05) is 21.9 Å². The van der Waals surface area contributed by atoms with Gasteiger partial charge in [0.1, 0.15) is 0 Å². The number of benzene rings is 4. The Morgan fingerprint density at radius 3 is 2.19 bits per heavy atom. The van der Waals surface area contributed by atoms with Crippen LogP contribution in [0.15, 0.2) is 79.4 Å². The summed E-state index contributed by atoms with van der Waals surface area (Å²) in [4.78, 5) is 3.69. The SMILES string of the molecule is C=Cc1c(-c2ccccc2C)c2[nH]c3ccccc3c2c2ccccc12. The highest BCUT2D eigenvalue weighted by molar-refractivity contribution is 6.26. The molecule has 26 heavy (non-hydrogen) atoms. The first kappa shape index (κ1) is 15.0. The van der Waals surface area contributed by atoms with Gasteiger partial charge in [0.25, 0.3) is 0 Å². The van der Waals surface area contributed by atoms with Crippen LogP contribution in [0.5, 0.6) is 0 Å². The van der Waals surface area contributed by atoms with Crippen molar-refractivity contribution in [3.05, 3.63) is 90.5 Å². The van der Waals surface area contributed by atoms with Crippen molar-refractivity contribution in [3.63, 3.8) is 0 Å². The average Bonchev–Trinajstić information content (AvgIpc) is 3.07. The molecule has 0 amide bonds. The second-order valence-corrected chi connectivity index (χ2v) is 6.77. The van der Waals surface area contributed by atoms with E-state index in [2.05, 4.69) is 91.3 Å². The molecule has 1 N–H and O–H groups in total. The van der Waals surface area contributed by atoms with Crippen LogP contribution in [0, 0.1) is 6.92 Å². The quantitative estimate of drug-likeness (QED) is 0.355. The van der Waals surface area contributed by atoms with E-state index < -0.39 is 0 Å². The number of hydrogen-bond acceptors (Lipinski definition) is 0. The zero-order valence-electron chi connectivity index (χ0n) is 14.7. The van der Waals surface area contributed by atoms with Gasteiger partial charge in [-0.3, -0.25) is 0 Å². The molecule has 5 aromatic rings. The Bertz CT molecular complexity index is 1300. The summed E-state index contributed by atoms with van der Waals surface area (Å²) in [6.45, 7) is 6.32. The number of fused-ring (bicyclic) bond motifs is 5. The van der Waals surface area contributed by atoms with Gasteiger partial charge in [-0.25, -0.2) is 0 Å². The van der Waals surface area contributed by atoms with Crippen LogP contribution >= 0.6 is 0 Å². The summed E-state index contributed by atoms with van der Waals surface area (Å²) < 4.78 is 0. The second-order valence-electron chi connectivity index (χ2n) is 6.77. The number of aromatic amines is 1. The van der Waals surface area contributed by atoms with E-state index in [0.29, 0.717) is 0 Å². The van der Waals surface area contributed by atoms with Crippen LogP contribution in [0.3, 0.4) is 0 Å². The monoisotopic (exact) mass is 333 g/mol. The molecule has 0 aliphatic heterocycles. The van der Waals surface area contributed by atoms with Crippen LogP contribution in [0.25, 0.3) is 49.8 Å². The number of para-hydroxylation sites is 1. The minimum atomic E-state index is 1.17. The summed E-state index contributed by atoms with van der Waals surface area (Å²) in [7, 11) is 0. The number of hydrogen-bond donors (Lipinski definition) is 1. The fourth-order valence-corrected chi connectivity index (χ4v) is 4.16. The van der Waals surface area contributed by atoms with E-state index in [0.717, 1.165) is 0 Å². The van der Waals surface area contributed by atoms with Gasteiger partial charge in [-0.1, -0.05) is 79.4 Å². The topological polar surface area (TPSA) is 15.8 Å². The maximum atomic E-state index is 4.14. The Kier molecular flexibility index (Phi) is 3.23. The molecular formula is C25H19N. The molecule has 0 saturated carbocycles. The molecule has 1 aromatic heterocycles. The van der Waals surface area contributed by atoms with Crippen molar-refractivity contribution in [3.8, 4) is 11.1 Å². The Morgan fingerprint density at radius 1 is 0.769 bits per heavy atom. The molecule has 124 valence electrons. The Balaban J connectivity index is 2.13. The van der Waals surface area contributed by atoms with Crippen LogP contribution in [-0.2, 0) is 0 Å². The van der Waals surface area contributed by atoms with Crippen LogP contribution in [0.4, 0.5) is 0 Å². The number of aromatic nitrogens is 1. The smallest absolute Gasteiger partial charge is 0.0557 e. The number of nitrogens with one attached hydrogen (secondary N) is 1. The van der Waals surface area contributed by atoms with Gasteiger partial charge in [0.05, 0.1) is 5.52 Å². The van der Waals surface area contributed by atoms with E-state index >= 15 is 0 Å². The fraction of sp³-hybridized carbons (Fsp3) is 0.0400. The van der Waals surface area contributed by atoms with Crippen LogP contribution < -0.4 is 0 Å². The van der Waals surface area contributed by atoms with Gasteiger partial charge < -0.3 is 4.98 Å². The van der Waals surface area contributed by atoms with Gasteiger partial charge in [-0.05, 0) is 40.5 Å². The van der Waals surface area contributed by atoms with E-state index in [-0.39, 0.29) is 0 Å². The summed E-state index contributed by atoms with van der Waals surface area (Å²) in [5.74, 6) is 0. The van der Waals surface area contributed by atoms with Gasteiger partial charge in [0.15, 0.2) is 0 Å². The van der Waals surface area contributed by atoms with Crippen LogP contribution in [-0.4, -0.2) is 4.98 Å². The summed E-state index contributed by atoms with van der Waals surface area (Å²) in [6, 6.07) is 25.8. The fourth-order valence-electron chi connectivity index (χ4n) is 4.16. The molecule has 1 heterocycles. The molecule has 4 aromatic carbocycles.